The molecule has 0 aliphatic heterocycles. The Balaban J connectivity index is 1.88. The van der Waals surface area contributed by atoms with Gasteiger partial charge >= 0.3 is 0 Å². The maximum Gasteiger partial charge on any atom is 0.271 e. The third-order valence-electron chi connectivity index (χ3n) is 2.56. The molecule has 0 spiro atoms. The van der Waals surface area contributed by atoms with Gasteiger partial charge in [0.2, 0.25) is 0 Å². The molecule has 0 saturated heterocycles. The Hall–Kier alpha value is -1.88. The van der Waals surface area contributed by atoms with Crippen LogP contribution in [0.25, 0.3) is 5.52 Å². The van der Waals surface area contributed by atoms with E-state index in [0.717, 1.165) is 11.9 Å². The molecule has 0 fully saturated rings. The number of nitrogens with one attached hydrogen (secondary N) is 1. The first-order valence-electron chi connectivity index (χ1n) is 6.11. The summed E-state index contributed by atoms with van der Waals surface area (Å²) in [7, 11) is 0. The van der Waals surface area contributed by atoms with E-state index in [1.54, 1.807) is 10.6 Å². The summed E-state index contributed by atoms with van der Waals surface area (Å²) in [4.78, 5) is 11.8. The fraction of sp³-hybridized carbons (Fsp3) is 0.385. The van der Waals surface area contributed by atoms with Gasteiger partial charge in [0.15, 0.2) is 5.69 Å². The number of hydrogen-bond acceptors (Lipinski definition) is 3. The van der Waals surface area contributed by atoms with Crippen LogP contribution < -0.4 is 5.32 Å². The van der Waals surface area contributed by atoms with Gasteiger partial charge in [0.1, 0.15) is 0 Å². The van der Waals surface area contributed by atoms with Crippen molar-refractivity contribution in [2.45, 2.75) is 13.3 Å². The van der Waals surface area contributed by atoms with Gasteiger partial charge in [-0.15, -0.1) is 0 Å². The third kappa shape index (κ3) is 3.07. The molecule has 2 heterocycles. The molecular weight excluding hydrogens is 230 g/mol. The summed E-state index contributed by atoms with van der Waals surface area (Å²) in [6, 6.07) is 7.49. The molecule has 1 amide bonds. The first kappa shape index (κ1) is 12.6. The SMILES string of the molecule is CCOCCCNC(=O)c1cc2ccccn2n1. The lowest BCUT2D eigenvalue weighted by Crippen LogP contribution is -2.25. The summed E-state index contributed by atoms with van der Waals surface area (Å²) in [5, 5.41) is 7.03. The highest BCUT2D eigenvalue weighted by atomic mass is 16.5. The van der Waals surface area contributed by atoms with Crippen LogP contribution in [-0.4, -0.2) is 35.3 Å². The third-order valence-corrected chi connectivity index (χ3v) is 2.56. The normalized spacial score (nSPS) is 10.7. The lowest BCUT2D eigenvalue weighted by atomic mass is 10.3. The van der Waals surface area contributed by atoms with Gasteiger partial charge in [-0.3, -0.25) is 4.79 Å². The molecule has 0 unspecified atom stereocenters. The molecule has 0 aliphatic rings. The van der Waals surface area contributed by atoms with Gasteiger partial charge in [0.25, 0.3) is 5.91 Å². The van der Waals surface area contributed by atoms with E-state index < -0.39 is 0 Å². The maximum atomic E-state index is 11.8. The van der Waals surface area contributed by atoms with Crippen LogP contribution in [0.15, 0.2) is 30.5 Å². The summed E-state index contributed by atoms with van der Waals surface area (Å²) in [6.45, 7) is 3.93. The van der Waals surface area contributed by atoms with E-state index in [9.17, 15) is 4.79 Å². The topological polar surface area (TPSA) is 55.6 Å². The molecule has 5 nitrogen and oxygen atoms in total. The Kier molecular flexibility index (Phi) is 4.30. The maximum absolute atomic E-state index is 11.8. The van der Waals surface area contributed by atoms with Crippen molar-refractivity contribution in [3.05, 3.63) is 36.2 Å². The van der Waals surface area contributed by atoms with E-state index in [-0.39, 0.29) is 5.91 Å². The minimum Gasteiger partial charge on any atom is -0.382 e. The summed E-state index contributed by atoms with van der Waals surface area (Å²) in [5.41, 5.74) is 1.36. The second kappa shape index (κ2) is 6.16. The average Bonchev–Trinajstić information content (AvgIpc) is 2.82. The molecule has 0 atom stereocenters. The standard InChI is InChI=1S/C13H17N3O2/c1-2-18-9-5-7-14-13(17)12-10-11-6-3-4-8-16(11)15-12/h3-4,6,8,10H,2,5,7,9H2,1H3,(H,14,17). The largest absolute Gasteiger partial charge is 0.382 e. The van der Waals surface area contributed by atoms with Gasteiger partial charge in [-0.2, -0.15) is 5.10 Å². The first-order valence-corrected chi connectivity index (χ1v) is 6.11. The molecule has 2 aromatic heterocycles. The van der Waals surface area contributed by atoms with Crippen LogP contribution >= 0.6 is 0 Å². The smallest absolute Gasteiger partial charge is 0.271 e. The molecule has 1 N–H and O–H groups in total. The highest BCUT2D eigenvalue weighted by molar-refractivity contribution is 5.93. The fourth-order valence-electron chi connectivity index (χ4n) is 1.66. The minimum absolute atomic E-state index is 0.143. The zero-order valence-electron chi connectivity index (χ0n) is 10.4. The highest BCUT2D eigenvalue weighted by Crippen LogP contribution is 2.05. The molecular formula is C13H17N3O2. The Morgan fingerprint density at radius 1 is 1.50 bits per heavy atom. The quantitative estimate of drug-likeness (QED) is 0.787. The summed E-state index contributed by atoms with van der Waals surface area (Å²) >= 11 is 0. The predicted molar refractivity (Wildman–Crippen MR) is 68.6 cm³/mol. The molecule has 0 bridgehead atoms. The lowest BCUT2D eigenvalue weighted by molar-refractivity contribution is 0.0939. The van der Waals surface area contributed by atoms with Crippen LogP contribution in [0.2, 0.25) is 0 Å². The number of ether oxygens (including phenoxy) is 1. The van der Waals surface area contributed by atoms with Crippen molar-refractivity contribution in [1.82, 2.24) is 14.9 Å². The van der Waals surface area contributed by atoms with E-state index in [2.05, 4.69) is 10.4 Å². The molecule has 0 aliphatic carbocycles. The average molecular weight is 247 g/mol. The molecule has 96 valence electrons. The molecule has 5 heteroatoms. The fourth-order valence-corrected chi connectivity index (χ4v) is 1.66. The lowest BCUT2D eigenvalue weighted by Gasteiger charge is -2.02. The van der Waals surface area contributed by atoms with E-state index >= 15 is 0 Å². The van der Waals surface area contributed by atoms with Crippen LogP contribution in [0.1, 0.15) is 23.8 Å². The number of rotatable bonds is 6. The second-order valence-corrected chi connectivity index (χ2v) is 3.91. The molecule has 0 aromatic carbocycles. The van der Waals surface area contributed by atoms with Gasteiger partial charge in [-0.25, -0.2) is 4.52 Å². The predicted octanol–water partition coefficient (Wildman–Crippen LogP) is 1.49. The number of amides is 1. The van der Waals surface area contributed by atoms with Crippen molar-refractivity contribution in [1.29, 1.82) is 0 Å². The van der Waals surface area contributed by atoms with Gasteiger partial charge in [-0.1, -0.05) is 6.07 Å². The van der Waals surface area contributed by atoms with Gasteiger partial charge in [0, 0.05) is 26.0 Å². The van der Waals surface area contributed by atoms with Gasteiger partial charge in [-0.05, 0) is 31.5 Å². The van der Waals surface area contributed by atoms with Gasteiger partial charge in [0.05, 0.1) is 5.52 Å². The van der Waals surface area contributed by atoms with E-state index in [1.807, 2.05) is 31.3 Å². The van der Waals surface area contributed by atoms with E-state index in [0.29, 0.717) is 25.5 Å². The van der Waals surface area contributed by atoms with Gasteiger partial charge < -0.3 is 10.1 Å². The summed E-state index contributed by atoms with van der Waals surface area (Å²) in [5.74, 6) is -0.143. The van der Waals surface area contributed by atoms with Crippen molar-refractivity contribution in [2.75, 3.05) is 19.8 Å². The highest BCUT2D eigenvalue weighted by Gasteiger charge is 2.09. The second-order valence-electron chi connectivity index (χ2n) is 3.91. The number of hydrogen-bond donors (Lipinski definition) is 1. The van der Waals surface area contributed by atoms with Crippen molar-refractivity contribution in [3.63, 3.8) is 0 Å². The summed E-state index contributed by atoms with van der Waals surface area (Å²) in [6.07, 6.45) is 2.63. The van der Waals surface area contributed by atoms with Crippen LogP contribution in [0.5, 0.6) is 0 Å². The van der Waals surface area contributed by atoms with E-state index in [4.69, 9.17) is 4.74 Å². The molecule has 18 heavy (non-hydrogen) atoms. The first-order chi connectivity index (χ1) is 8.81. The zero-order valence-corrected chi connectivity index (χ0v) is 10.4. The van der Waals surface area contributed by atoms with Crippen LogP contribution in [0, 0.1) is 0 Å². The Labute approximate surface area is 106 Å². The summed E-state index contributed by atoms with van der Waals surface area (Å²) < 4.78 is 6.89. The zero-order chi connectivity index (χ0) is 12.8. The molecule has 0 radical (unpaired) electrons. The van der Waals surface area contributed by atoms with Crippen molar-refractivity contribution >= 4 is 11.4 Å². The Bertz CT molecular complexity index is 489. The van der Waals surface area contributed by atoms with Crippen LogP contribution in [-0.2, 0) is 4.74 Å². The number of fused-ring (bicyclic) bond motifs is 1. The van der Waals surface area contributed by atoms with E-state index in [1.165, 1.54) is 0 Å². The molecule has 2 rings (SSSR count). The molecule has 2 aromatic rings. The van der Waals surface area contributed by atoms with Crippen molar-refractivity contribution < 1.29 is 9.53 Å². The number of carbonyl (C=O) groups excluding carboxylic acids is 1. The van der Waals surface area contributed by atoms with Crippen molar-refractivity contribution in [3.8, 4) is 0 Å². The molecule has 0 saturated carbocycles. The number of nitrogens with zero attached hydrogens (tertiary/aromatic N) is 2. The number of carbonyl (C=O) groups is 1. The Morgan fingerprint density at radius 3 is 3.17 bits per heavy atom. The monoisotopic (exact) mass is 247 g/mol. The number of pyridine rings is 1. The van der Waals surface area contributed by atoms with Crippen molar-refractivity contribution in [2.24, 2.45) is 0 Å². The minimum atomic E-state index is -0.143. The number of aromatic nitrogens is 2. The van der Waals surface area contributed by atoms with Crippen LogP contribution in [0.4, 0.5) is 0 Å². The van der Waals surface area contributed by atoms with Crippen LogP contribution in [0.3, 0.4) is 0 Å². The Morgan fingerprint density at radius 2 is 2.39 bits per heavy atom.